The van der Waals surface area contributed by atoms with E-state index in [-0.39, 0.29) is 6.61 Å². The molecule has 0 amide bonds. The van der Waals surface area contributed by atoms with Gasteiger partial charge in [0.1, 0.15) is 0 Å². The third-order valence-electron chi connectivity index (χ3n) is 2.43. The molecule has 0 bridgehead atoms. The van der Waals surface area contributed by atoms with Crippen molar-refractivity contribution in [1.29, 1.82) is 0 Å². The molecule has 0 aromatic carbocycles. The SMILES string of the molecule is CCOC(=O)C(C)C(C)(C(=O)O)S(=O)(=O)O. The Kier molecular flexibility index (Phi) is 4.45. The van der Waals surface area contributed by atoms with Crippen molar-refractivity contribution in [1.82, 2.24) is 0 Å². The quantitative estimate of drug-likeness (QED) is 0.520. The van der Waals surface area contributed by atoms with E-state index in [1.54, 1.807) is 0 Å². The van der Waals surface area contributed by atoms with Crippen molar-refractivity contribution in [2.45, 2.75) is 25.5 Å². The summed E-state index contributed by atoms with van der Waals surface area (Å²) in [6.07, 6.45) is 0. The third-order valence-corrected chi connectivity index (χ3v) is 4.03. The lowest BCUT2D eigenvalue weighted by molar-refractivity contribution is -0.154. The van der Waals surface area contributed by atoms with Gasteiger partial charge in [-0.25, -0.2) is 0 Å². The van der Waals surface area contributed by atoms with Crippen molar-refractivity contribution in [2.75, 3.05) is 6.61 Å². The molecule has 2 atom stereocenters. The fourth-order valence-corrected chi connectivity index (χ4v) is 1.77. The number of hydrogen-bond acceptors (Lipinski definition) is 5. The van der Waals surface area contributed by atoms with Gasteiger partial charge < -0.3 is 9.84 Å². The smallest absolute Gasteiger partial charge is 0.328 e. The van der Waals surface area contributed by atoms with Crippen molar-refractivity contribution in [3.8, 4) is 0 Å². The van der Waals surface area contributed by atoms with Crippen LogP contribution in [0.4, 0.5) is 0 Å². The van der Waals surface area contributed by atoms with E-state index in [2.05, 4.69) is 4.74 Å². The summed E-state index contributed by atoms with van der Waals surface area (Å²) in [5.41, 5.74) is 0. The molecule has 0 fully saturated rings. The minimum Gasteiger partial charge on any atom is -0.480 e. The molecule has 0 spiro atoms. The largest absolute Gasteiger partial charge is 0.480 e. The molecule has 0 heterocycles. The molecule has 8 heteroatoms. The Morgan fingerprint density at radius 2 is 1.88 bits per heavy atom. The van der Waals surface area contributed by atoms with Crippen LogP contribution in [-0.2, 0) is 24.4 Å². The molecule has 16 heavy (non-hydrogen) atoms. The van der Waals surface area contributed by atoms with Crippen molar-refractivity contribution < 1.29 is 32.4 Å². The Balaban J connectivity index is 5.41. The van der Waals surface area contributed by atoms with Crippen molar-refractivity contribution in [3.63, 3.8) is 0 Å². The standard InChI is InChI=1S/C8H14O7S/c1-4-15-6(9)5(2)8(3,7(10)11)16(12,13)14/h5H,4H2,1-3H3,(H,10,11)(H,12,13,14). The maximum absolute atomic E-state index is 11.3. The van der Waals surface area contributed by atoms with Crippen molar-refractivity contribution in [2.24, 2.45) is 5.92 Å². The normalized spacial score (nSPS) is 17.2. The zero-order valence-corrected chi connectivity index (χ0v) is 9.94. The van der Waals surface area contributed by atoms with Crippen LogP contribution in [0.15, 0.2) is 0 Å². The predicted molar refractivity (Wildman–Crippen MR) is 53.4 cm³/mol. The average Bonchev–Trinajstić information content (AvgIpc) is 2.13. The predicted octanol–water partition coefficient (Wildman–Crippen LogP) is -0.0833. The molecule has 0 aliphatic rings. The second-order valence-corrected chi connectivity index (χ2v) is 5.16. The van der Waals surface area contributed by atoms with Gasteiger partial charge in [0.15, 0.2) is 0 Å². The molecule has 7 nitrogen and oxygen atoms in total. The highest BCUT2D eigenvalue weighted by atomic mass is 32.2. The summed E-state index contributed by atoms with van der Waals surface area (Å²) in [6.45, 7) is 3.31. The average molecular weight is 254 g/mol. The van der Waals surface area contributed by atoms with Gasteiger partial charge >= 0.3 is 11.9 Å². The van der Waals surface area contributed by atoms with Gasteiger partial charge in [0, 0.05) is 0 Å². The summed E-state index contributed by atoms with van der Waals surface area (Å²) in [6, 6.07) is 0. The summed E-state index contributed by atoms with van der Waals surface area (Å²) < 4.78 is 32.8. The van der Waals surface area contributed by atoms with Gasteiger partial charge in [-0.15, -0.1) is 0 Å². The second-order valence-electron chi connectivity index (χ2n) is 3.36. The molecule has 0 radical (unpaired) electrons. The van der Waals surface area contributed by atoms with Gasteiger partial charge in [-0.2, -0.15) is 8.42 Å². The fourth-order valence-electron chi connectivity index (χ4n) is 1.01. The molecule has 94 valence electrons. The summed E-state index contributed by atoms with van der Waals surface area (Å²) in [5.74, 6) is -4.32. The first kappa shape index (κ1) is 14.8. The number of rotatable bonds is 5. The second kappa shape index (κ2) is 4.79. The Morgan fingerprint density at radius 1 is 1.44 bits per heavy atom. The molecule has 0 aromatic heterocycles. The van der Waals surface area contributed by atoms with Crippen molar-refractivity contribution >= 4 is 22.1 Å². The molecule has 0 aromatic rings. The first-order chi connectivity index (χ1) is 7.09. The van der Waals surface area contributed by atoms with Crippen LogP contribution in [0.25, 0.3) is 0 Å². The van der Waals surface area contributed by atoms with E-state index in [1.165, 1.54) is 6.92 Å². The van der Waals surface area contributed by atoms with Gasteiger partial charge in [0.25, 0.3) is 10.1 Å². The highest BCUT2D eigenvalue weighted by molar-refractivity contribution is 7.88. The lowest BCUT2D eigenvalue weighted by Crippen LogP contribution is -2.51. The van der Waals surface area contributed by atoms with Crippen LogP contribution < -0.4 is 0 Å². The van der Waals surface area contributed by atoms with Crippen LogP contribution in [0, 0.1) is 5.92 Å². The molecule has 0 aliphatic heterocycles. The highest BCUT2D eigenvalue weighted by Gasteiger charge is 2.54. The van der Waals surface area contributed by atoms with Crippen LogP contribution in [-0.4, -0.2) is 41.4 Å². The molecule has 0 saturated heterocycles. The lowest BCUT2D eigenvalue weighted by Gasteiger charge is -2.26. The number of ether oxygens (including phenoxy) is 1. The number of esters is 1. The summed E-state index contributed by atoms with van der Waals surface area (Å²) in [5, 5.41) is 8.81. The molecule has 0 rings (SSSR count). The van der Waals surface area contributed by atoms with Crippen LogP contribution in [0.3, 0.4) is 0 Å². The number of carboxylic acid groups (broad SMARTS) is 1. The number of hydrogen-bond donors (Lipinski definition) is 2. The van der Waals surface area contributed by atoms with E-state index in [9.17, 15) is 18.0 Å². The molecule has 2 N–H and O–H groups in total. The van der Waals surface area contributed by atoms with Gasteiger partial charge in [0.05, 0.1) is 12.5 Å². The maximum Gasteiger partial charge on any atom is 0.328 e. The van der Waals surface area contributed by atoms with Crippen LogP contribution >= 0.6 is 0 Å². The number of carbonyl (C=O) groups excluding carboxylic acids is 1. The monoisotopic (exact) mass is 254 g/mol. The topological polar surface area (TPSA) is 118 Å². The van der Waals surface area contributed by atoms with Crippen LogP contribution in [0.1, 0.15) is 20.8 Å². The minimum atomic E-state index is -4.93. The Morgan fingerprint density at radius 3 is 2.12 bits per heavy atom. The Hall–Kier alpha value is -1.15. The van der Waals surface area contributed by atoms with Gasteiger partial charge in [-0.05, 0) is 20.8 Å². The van der Waals surface area contributed by atoms with E-state index in [1.807, 2.05) is 0 Å². The molecule has 2 unspecified atom stereocenters. The van der Waals surface area contributed by atoms with Crippen molar-refractivity contribution in [3.05, 3.63) is 0 Å². The van der Waals surface area contributed by atoms with Gasteiger partial charge in [-0.1, -0.05) is 0 Å². The highest BCUT2D eigenvalue weighted by Crippen LogP contribution is 2.27. The van der Waals surface area contributed by atoms with Crippen LogP contribution in [0.5, 0.6) is 0 Å². The van der Waals surface area contributed by atoms with E-state index in [0.29, 0.717) is 0 Å². The summed E-state index contributed by atoms with van der Waals surface area (Å²) in [4.78, 5) is 22.2. The molecular formula is C8H14O7S. The molecular weight excluding hydrogens is 240 g/mol. The molecule has 0 aliphatic carbocycles. The first-order valence-electron chi connectivity index (χ1n) is 4.46. The number of carboxylic acids is 1. The Labute approximate surface area is 93.2 Å². The zero-order chi connectivity index (χ0) is 13.1. The minimum absolute atomic E-state index is 0.00957. The van der Waals surface area contributed by atoms with E-state index >= 15 is 0 Å². The molecule has 0 saturated carbocycles. The maximum atomic E-state index is 11.3. The summed E-state index contributed by atoms with van der Waals surface area (Å²) >= 11 is 0. The third kappa shape index (κ3) is 2.50. The first-order valence-corrected chi connectivity index (χ1v) is 5.90. The van der Waals surface area contributed by atoms with E-state index in [0.717, 1.165) is 13.8 Å². The van der Waals surface area contributed by atoms with E-state index in [4.69, 9.17) is 9.66 Å². The van der Waals surface area contributed by atoms with Crippen LogP contribution in [0.2, 0.25) is 0 Å². The number of aliphatic carboxylic acids is 1. The lowest BCUT2D eigenvalue weighted by atomic mass is 9.95. The van der Waals surface area contributed by atoms with Gasteiger partial charge in [0.2, 0.25) is 4.75 Å². The Bertz CT molecular complexity index is 385. The number of carbonyl (C=O) groups is 2. The van der Waals surface area contributed by atoms with Gasteiger partial charge in [-0.3, -0.25) is 14.1 Å². The zero-order valence-electron chi connectivity index (χ0n) is 9.13. The fraction of sp³-hybridized carbons (Fsp3) is 0.750. The summed E-state index contributed by atoms with van der Waals surface area (Å²) in [7, 11) is -4.93. The van der Waals surface area contributed by atoms with E-state index < -0.39 is 32.7 Å².